The van der Waals surface area contributed by atoms with Gasteiger partial charge in [0.05, 0.1) is 25.1 Å². The van der Waals surface area contributed by atoms with E-state index in [1.807, 2.05) is 35.4 Å². The second-order valence-corrected chi connectivity index (χ2v) is 9.48. The minimum atomic E-state index is 0. The van der Waals surface area contributed by atoms with Crippen molar-refractivity contribution in [3.05, 3.63) is 36.7 Å². The molecule has 0 radical (unpaired) electrons. The molecule has 0 unspecified atom stereocenters. The average molecular weight is 481 g/mol. The Labute approximate surface area is 207 Å². The summed E-state index contributed by atoms with van der Waals surface area (Å²) in [5.41, 5.74) is 2.69. The summed E-state index contributed by atoms with van der Waals surface area (Å²) in [6.07, 6.45) is 3.73. The van der Waals surface area contributed by atoms with Gasteiger partial charge < -0.3 is 24.3 Å². The van der Waals surface area contributed by atoms with Crippen molar-refractivity contribution in [1.82, 2.24) is 24.8 Å². The van der Waals surface area contributed by atoms with Gasteiger partial charge in [0.25, 0.3) is 0 Å². The Morgan fingerprint density at radius 2 is 2.00 bits per heavy atom. The van der Waals surface area contributed by atoms with E-state index in [-0.39, 0.29) is 19.4 Å². The minimum absolute atomic E-state index is 0. The van der Waals surface area contributed by atoms with Gasteiger partial charge in [-0.25, -0.2) is 9.97 Å². The summed E-state index contributed by atoms with van der Waals surface area (Å²) in [7, 11) is 0. The number of hydrogen-bond acceptors (Lipinski definition) is 7. The number of nitrogens with one attached hydrogen (secondary N) is 1. The Balaban J connectivity index is 0.00000304. The molecule has 3 aromatic heterocycles. The first-order valence-corrected chi connectivity index (χ1v) is 12.4. The number of aromatic nitrogens is 3. The van der Waals surface area contributed by atoms with E-state index in [9.17, 15) is 4.79 Å². The molecule has 2 aliphatic rings. The second-order valence-electron chi connectivity index (χ2n) is 9.48. The molecular formula is C26H36N6O3. The number of rotatable bonds is 6. The molecule has 9 nitrogen and oxygen atoms in total. The minimum Gasteiger partial charge on any atom is -0.491 e. The van der Waals surface area contributed by atoms with Crippen LogP contribution in [0.3, 0.4) is 0 Å². The van der Waals surface area contributed by atoms with Crippen LogP contribution in [-0.2, 0) is 9.53 Å². The lowest BCUT2D eigenvalue weighted by atomic mass is 10.1. The summed E-state index contributed by atoms with van der Waals surface area (Å²) in [6, 6.07) is 8.42. The number of morpholine rings is 1. The van der Waals surface area contributed by atoms with E-state index in [0.717, 1.165) is 79.8 Å². The van der Waals surface area contributed by atoms with Crippen molar-refractivity contribution in [2.75, 3.05) is 57.4 Å². The average Bonchev–Trinajstić information content (AvgIpc) is 3.27. The predicted octanol–water partition coefficient (Wildman–Crippen LogP) is 3.03. The number of carbonyl (C=O) groups excluding carboxylic acids is 1. The first kappa shape index (κ1) is 23.6. The lowest BCUT2D eigenvalue weighted by molar-refractivity contribution is -0.133. The zero-order valence-electron chi connectivity index (χ0n) is 20.7. The van der Waals surface area contributed by atoms with Gasteiger partial charge in [-0.05, 0) is 32.0 Å². The Bertz CT molecular complexity index is 1170. The van der Waals surface area contributed by atoms with Crippen LogP contribution in [0, 0.1) is 0 Å². The molecule has 1 amide bonds. The van der Waals surface area contributed by atoms with E-state index in [1.54, 1.807) is 13.1 Å². The van der Waals surface area contributed by atoms with Gasteiger partial charge >= 0.3 is 0 Å². The number of aromatic amines is 1. The van der Waals surface area contributed by atoms with Gasteiger partial charge in [0.2, 0.25) is 5.91 Å². The fourth-order valence-corrected chi connectivity index (χ4v) is 5.27. The number of nitrogens with zero attached hydrogens (tertiary/aromatic N) is 5. The molecule has 5 heterocycles. The lowest BCUT2D eigenvalue weighted by Gasteiger charge is -2.44. The smallest absolute Gasteiger partial charge is 0.220 e. The van der Waals surface area contributed by atoms with Crippen LogP contribution in [0.1, 0.15) is 22.2 Å². The Morgan fingerprint density at radius 3 is 2.74 bits per heavy atom. The predicted molar refractivity (Wildman–Crippen MR) is 138 cm³/mol. The summed E-state index contributed by atoms with van der Waals surface area (Å²) < 4.78 is 11.4. The summed E-state index contributed by atoms with van der Waals surface area (Å²) in [6.45, 7) is 12.3. The number of anilines is 1. The highest BCUT2D eigenvalue weighted by atomic mass is 16.5. The molecule has 188 valence electrons. The highest BCUT2D eigenvalue weighted by Gasteiger charge is 2.31. The Kier molecular flexibility index (Phi) is 6.88. The summed E-state index contributed by atoms with van der Waals surface area (Å²) in [5, 5.41) is 0.988. The molecule has 2 saturated heterocycles. The van der Waals surface area contributed by atoms with Crippen molar-refractivity contribution < 1.29 is 15.7 Å². The third-order valence-corrected chi connectivity index (χ3v) is 6.90. The molecule has 2 atom stereocenters. The summed E-state index contributed by atoms with van der Waals surface area (Å²) in [5.74, 6) is 1.80. The first-order chi connectivity index (χ1) is 17.0. The molecule has 1 N–H and O–H groups in total. The Hall–Kier alpha value is -3.17. The van der Waals surface area contributed by atoms with Crippen molar-refractivity contribution >= 4 is 22.8 Å². The number of carbonyl (C=O) groups is 1. The lowest BCUT2D eigenvalue weighted by Crippen LogP contribution is -2.58. The number of piperazine rings is 1. The van der Waals surface area contributed by atoms with Gasteiger partial charge in [-0.1, -0.05) is 6.07 Å². The van der Waals surface area contributed by atoms with Crippen LogP contribution in [-0.4, -0.2) is 95.3 Å². The SMILES string of the molecule is CC(=O)N1[C@H](C)CN(c2cccc(-c3c[nH]c4ncc(OCCN5CCOCC5)cc34)n2)C[C@@H]1C.[HH]. The second kappa shape index (κ2) is 10.2. The summed E-state index contributed by atoms with van der Waals surface area (Å²) >= 11 is 0. The first-order valence-electron chi connectivity index (χ1n) is 12.4. The largest absolute Gasteiger partial charge is 0.491 e. The number of pyridine rings is 2. The molecule has 0 bridgehead atoms. The van der Waals surface area contributed by atoms with Crippen molar-refractivity contribution in [3.63, 3.8) is 0 Å². The molecule has 0 aromatic carbocycles. The van der Waals surface area contributed by atoms with Gasteiger partial charge in [0, 0.05) is 70.3 Å². The maximum Gasteiger partial charge on any atom is 0.220 e. The van der Waals surface area contributed by atoms with Gasteiger partial charge in [-0.2, -0.15) is 0 Å². The van der Waals surface area contributed by atoms with Gasteiger partial charge in [-0.15, -0.1) is 0 Å². The fourth-order valence-electron chi connectivity index (χ4n) is 5.27. The van der Waals surface area contributed by atoms with Gasteiger partial charge in [0.1, 0.15) is 23.8 Å². The zero-order chi connectivity index (χ0) is 24.4. The molecule has 2 aliphatic heterocycles. The van der Waals surface area contributed by atoms with Crippen LogP contribution >= 0.6 is 0 Å². The van der Waals surface area contributed by atoms with E-state index in [2.05, 4.69) is 33.6 Å². The van der Waals surface area contributed by atoms with Crippen molar-refractivity contribution in [1.29, 1.82) is 0 Å². The molecule has 0 aliphatic carbocycles. The van der Waals surface area contributed by atoms with Crippen LogP contribution in [0.4, 0.5) is 5.82 Å². The van der Waals surface area contributed by atoms with E-state index >= 15 is 0 Å². The molecule has 2 fully saturated rings. The van der Waals surface area contributed by atoms with Crippen molar-refractivity contribution in [2.45, 2.75) is 32.9 Å². The summed E-state index contributed by atoms with van der Waals surface area (Å²) in [4.78, 5) is 31.4. The molecule has 0 spiro atoms. The quantitative estimate of drug-likeness (QED) is 0.580. The van der Waals surface area contributed by atoms with Gasteiger partial charge in [0.15, 0.2) is 0 Å². The van der Waals surface area contributed by atoms with Crippen LogP contribution in [0.5, 0.6) is 5.75 Å². The topological polar surface area (TPSA) is 86.8 Å². The molecule has 35 heavy (non-hydrogen) atoms. The highest BCUT2D eigenvalue weighted by molar-refractivity contribution is 5.93. The molecule has 3 aromatic rings. The van der Waals surface area contributed by atoms with Crippen LogP contribution in [0.25, 0.3) is 22.3 Å². The van der Waals surface area contributed by atoms with E-state index < -0.39 is 0 Å². The third kappa shape index (κ3) is 5.11. The number of ether oxygens (including phenoxy) is 2. The number of H-pyrrole nitrogens is 1. The zero-order valence-corrected chi connectivity index (χ0v) is 20.7. The Morgan fingerprint density at radius 1 is 1.23 bits per heavy atom. The number of fused-ring (bicyclic) bond motifs is 1. The number of hydrogen-bond donors (Lipinski definition) is 1. The highest BCUT2D eigenvalue weighted by Crippen LogP contribution is 2.31. The maximum atomic E-state index is 12.0. The molecule has 0 saturated carbocycles. The van der Waals surface area contributed by atoms with E-state index in [4.69, 9.17) is 14.5 Å². The monoisotopic (exact) mass is 480 g/mol. The molecule has 5 rings (SSSR count). The maximum absolute atomic E-state index is 12.0. The van der Waals surface area contributed by atoms with Crippen molar-refractivity contribution in [3.8, 4) is 17.0 Å². The van der Waals surface area contributed by atoms with Crippen molar-refractivity contribution in [2.24, 2.45) is 0 Å². The van der Waals surface area contributed by atoms with Crippen LogP contribution < -0.4 is 9.64 Å². The molecular weight excluding hydrogens is 444 g/mol. The van der Waals surface area contributed by atoms with Crippen LogP contribution in [0.15, 0.2) is 36.7 Å². The molecule has 9 heteroatoms. The number of amides is 1. The van der Waals surface area contributed by atoms with E-state index in [1.165, 1.54) is 0 Å². The third-order valence-electron chi connectivity index (χ3n) is 6.90. The van der Waals surface area contributed by atoms with E-state index in [0.29, 0.717) is 6.61 Å². The van der Waals surface area contributed by atoms with Crippen LogP contribution in [0.2, 0.25) is 0 Å². The fraction of sp³-hybridized carbons (Fsp3) is 0.500. The standard InChI is InChI=1S/C26H34N6O3.H2/c1-18-16-31(17-19(2)32(18)20(3)33)25-6-4-5-24(29-25)23-15-28-26-22(23)13-21(14-27-26)35-12-9-30-7-10-34-11-8-30;/h4-6,13-15,18-19H,7-12,16-17H2,1-3H3,(H,27,28);1H/t18-,19+;. The normalized spacial score (nSPS) is 21.5. The van der Waals surface area contributed by atoms with Gasteiger partial charge in [-0.3, -0.25) is 9.69 Å².